The van der Waals surface area contributed by atoms with Crippen molar-refractivity contribution in [1.82, 2.24) is 4.98 Å². The minimum Gasteiger partial charge on any atom is -0.370 e. The number of rotatable bonds is 3. The first-order valence-corrected chi connectivity index (χ1v) is 8.52. The minimum atomic E-state index is -4.42. The van der Waals surface area contributed by atoms with Crippen molar-refractivity contribution >= 4 is 17.4 Å². The number of pyridine rings is 1. The Hall–Kier alpha value is -2.57. The van der Waals surface area contributed by atoms with E-state index >= 15 is 0 Å². The summed E-state index contributed by atoms with van der Waals surface area (Å²) in [4.78, 5) is 18.7. The van der Waals surface area contributed by atoms with E-state index in [0.717, 1.165) is 61.8 Å². The Bertz CT molecular complexity index is 749. The monoisotopic (exact) mass is 363 g/mol. The molecule has 1 amide bonds. The molecule has 0 radical (unpaired) electrons. The van der Waals surface area contributed by atoms with Crippen LogP contribution in [-0.4, -0.2) is 24.0 Å². The van der Waals surface area contributed by atoms with Crippen LogP contribution in [0, 0.1) is 5.92 Å². The summed E-state index contributed by atoms with van der Waals surface area (Å²) in [5.74, 6) is 0.608. The lowest BCUT2D eigenvalue weighted by molar-refractivity contribution is -0.137. The van der Waals surface area contributed by atoms with Gasteiger partial charge in [0.25, 0.3) is 5.91 Å². The van der Waals surface area contributed by atoms with E-state index in [2.05, 4.69) is 22.1 Å². The van der Waals surface area contributed by atoms with Gasteiger partial charge in [-0.25, -0.2) is 4.98 Å². The number of hydrogen-bond acceptors (Lipinski definition) is 3. The standard InChI is InChI=1S/C19H20F3N3O/c1-13-8-10-25(11-9-13)16-6-7-17(23-12-16)24-18(26)14-2-4-15(5-3-14)19(20,21)22/h2-7,12-13H,8-11H2,1H3,(H,23,24,26). The Morgan fingerprint density at radius 2 is 1.77 bits per heavy atom. The Labute approximate surface area is 150 Å². The van der Waals surface area contributed by atoms with Crippen LogP contribution in [0.4, 0.5) is 24.7 Å². The zero-order chi connectivity index (χ0) is 18.7. The first kappa shape index (κ1) is 18.2. The van der Waals surface area contributed by atoms with Crippen LogP contribution in [0.3, 0.4) is 0 Å². The maximum atomic E-state index is 12.6. The van der Waals surface area contributed by atoms with E-state index in [4.69, 9.17) is 0 Å². The summed E-state index contributed by atoms with van der Waals surface area (Å²) in [7, 11) is 0. The van der Waals surface area contributed by atoms with Crippen LogP contribution in [0.2, 0.25) is 0 Å². The third-order valence-electron chi connectivity index (χ3n) is 4.61. The first-order chi connectivity index (χ1) is 12.3. The van der Waals surface area contributed by atoms with Crippen molar-refractivity contribution in [3.63, 3.8) is 0 Å². The molecular weight excluding hydrogens is 343 g/mol. The molecule has 7 heteroatoms. The molecule has 1 aromatic heterocycles. The van der Waals surface area contributed by atoms with Gasteiger partial charge in [-0.1, -0.05) is 6.92 Å². The smallest absolute Gasteiger partial charge is 0.370 e. The number of hydrogen-bond donors (Lipinski definition) is 1. The van der Waals surface area contributed by atoms with E-state index in [9.17, 15) is 18.0 Å². The van der Waals surface area contributed by atoms with Gasteiger partial charge in [-0.2, -0.15) is 13.2 Å². The average molecular weight is 363 g/mol. The van der Waals surface area contributed by atoms with Crippen LogP contribution in [0.5, 0.6) is 0 Å². The Morgan fingerprint density at radius 1 is 1.12 bits per heavy atom. The molecule has 4 nitrogen and oxygen atoms in total. The number of carbonyl (C=O) groups excluding carboxylic acids is 1. The van der Waals surface area contributed by atoms with Gasteiger partial charge in [0, 0.05) is 18.7 Å². The van der Waals surface area contributed by atoms with Crippen LogP contribution >= 0.6 is 0 Å². The number of halogens is 3. The Morgan fingerprint density at radius 3 is 2.31 bits per heavy atom. The molecule has 1 N–H and O–H groups in total. The maximum Gasteiger partial charge on any atom is 0.416 e. The predicted octanol–water partition coefficient (Wildman–Crippen LogP) is 4.59. The number of carbonyl (C=O) groups is 1. The molecule has 0 saturated carbocycles. The topological polar surface area (TPSA) is 45.2 Å². The molecule has 1 aliphatic heterocycles. The number of amides is 1. The van der Waals surface area contributed by atoms with Gasteiger partial charge in [0.1, 0.15) is 5.82 Å². The number of benzene rings is 1. The number of nitrogens with zero attached hydrogens (tertiary/aromatic N) is 2. The molecule has 1 aliphatic rings. The number of alkyl halides is 3. The molecular formula is C19H20F3N3O. The van der Waals surface area contributed by atoms with Gasteiger partial charge in [-0.05, 0) is 55.2 Å². The number of anilines is 2. The SMILES string of the molecule is CC1CCN(c2ccc(NC(=O)c3ccc(C(F)(F)F)cc3)nc2)CC1. The van der Waals surface area contributed by atoms with E-state index in [0.29, 0.717) is 5.82 Å². The highest BCUT2D eigenvalue weighted by molar-refractivity contribution is 6.03. The van der Waals surface area contributed by atoms with E-state index in [1.807, 2.05) is 6.07 Å². The molecule has 1 fully saturated rings. The van der Waals surface area contributed by atoms with E-state index in [-0.39, 0.29) is 5.56 Å². The third kappa shape index (κ3) is 4.33. The van der Waals surface area contributed by atoms with Gasteiger partial charge in [-0.15, -0.1) is 0 Å². The van der Waals surface area contributed by atoms with Crippen molar-refractivity contribution in [3.8, 4) is 0 Å². The molecule has 0 bridgehead atoms. The molecule has 138 valence electrons. The molecule has 1 saturated heterocycles. The van der Waals surface area contributed by atoms with Gasteiger partial charge in [0.2, 0.25) is 0 Å². The van der Waals surface area contributed by atoms with Crippen LogP contribution < -0.4 is 10.2 Å². The summed E-state index contributed by atoms with van der Waals surface area (Å²) >= 11 is 0. The summed E-state index contributed by atoms with van der Waals surface area (Å²) in [6.07, 6.45) is -0.421. The molecule has 26 heavy (non-hydrogen) atoms. The largest absolute Gasteiger partial charge is 0.416 e. The highest BCUT2D eigenvalue weighted by Crippen LogP contribution is 2.29. The summed E-state index contributed by atoms with van der Waals surface area (Å²) in [5, 5.41) is 2.60. The average Bonchev–Trinajstić information content (AvgIpc) is 2.62. The van der Waals surface area contributed by atoms with Gasteiger partial charge in [0.15, 0.2) is 0 Å². The van der Waals surface area contributed by atoms with Crippen molar-refractivity contribution in [1.29, 1.82) is 0 Å². The lowest BCUT2D eigenvalue weighted by atomic mass is 9.99. The third-order valence-corrected chi connectivity index (χ3v) is 4.61. The molecule has 1 aromatic carbocycles. The highest BCUT2D eigenvalue weighted by Gasteiger charge is 2.30. The summed E-state index contributed by atoms with van der Waals surface area (Å²) in [6, 6.07) is 7.69. The first-order valence-electron chi connectivity index (χ1n) is 8.52. The Kier molecular flexibility index (Phi) is 5.15. The lowest BCUT2D eigenvalue weighted by Crippen LogP contribution is -2.32. The minimum absolute atomic E-state index is 0.147. The van der Waals surface area contributed by atoms with Crippen molar-refractivity contribution in [3.05, 3.63) is 53.7 Å². The fourth-order valence-corrected chi connectivity index (χ4v) is 2.91. The second-order valence-corrected chi connectivity index (χ2v) is 6.60. The van der Waals surface area contributed by atoms with Crippen molar-refractivity contribution < 1.29 is 18.0 Å². The second-order valence-electron chi connectivity index (χ2n) is 6.60. The van der Waals surface area contributed by atoms with Gasteiger partial charge < -0.3 is 10.2 Å². The van der Waals surface area contributed by atoms with Crippen LogP contribution in [0.1, 0.15) is 35.7 Å². The molecule has 3 rings (SSSR count). The molecule has 2 heterocycles. The van der Waals surface area contributed by atoms with Gasteiger partial charge in [0.05, 0.1) is 17.4 Å². The summed E-state index contributed by atoms with van der Waals surface area (Å²) in [5.41, 5.74) is 0.366. The van der Waals surface area contributed by atoms with Crippen molar-refractivity contribution in [2.24, 2.45) is 5.92 Å². The summed E-state index contributed by atoms with van der Waals surface area (Å²) in [6.45, 7) is 4.22. The van der Waals surface area contributed by atoms with E-state index < -0.39 is 17.6 Å². The second kappa shape index (κ2) is 7.35. The fraction of sp³-hybridized carbons (Fsp3) is 0.368. The van der Waals surface area contributed by atoms with Crippen molar-refractivity contribution in [2.45, 2.75) is 25.9 Å². The highest BCUT2D eigenvalue weighted by atomic mass is 19.4. The van der Waals surface area contributed by atoms with Crippen LogP contribution in [-0.2, 0) is 6.18 Å². The van der Waals surface area contributed by atoms with Crippen LogP contribution in [0.25, 0.3) is 0 Å². The zero-order valence-corrected chi connectivity index (χ0v) is 14.4. The van der Waals surface area contributed by atoms with E-state index in [1.54, 1.807) is 12.3 Å². The van der Waals surface area contributed by atoms with Gasteiger partial charge in [-0.3, -0.25) is 4.79 Å². The predicted molar refractivity (Wildman–Crippen MR) is 94.2 cm³/mol. The number of nitrogens with one attached hydrogen (secondary N) is 1. The van der Waals surface area contributed by atoms with E-state index in [1.165, 1.54) is 0 Å². The molecule has 2 aromatic rings. The molecule has 0 spiro atoms. The van der Waals surface area contributed by atoms with Crippen LogP contribution in [0.15, 0.2) is 42.6 Å². The summed E-state index contributed by atoms with van der Waals surface area (Å²) < 4.78 is 37.7. The number of piperidine rings is 1. The van der Waals surface area contributed by atoms with Gasteiger partial charge >= 0.3 is 6.18 Å². The molecule has 0 aliphatic carbocycles. The molecule has 0 atom stereocenters. The number of aromatic nitrogens is 1. The zero-order valence-electron chi connectivity index (χ0n) is 14.4. The molecule has 0 unspecified atom stereocenters. The fourth-order valence-electron chi connectivity index (χ4n) is 2.91. The lowest BCUT2D eigenvalue weighted by Gasteiger charge is -2.31. The normalized spacial score (nSPS) is 15.8. The van der Waals surface area contributed by atoms with Crippen molar-refractivity contribution in [2.75, 3.05) is 23.3 Å². The quantitative estimate of drug-likeness (QED) is 0.868. The maximum absolute atomic E-state index is 12.6. The Balaban J connectivity index is 1.62.